The van der Waals surface area contributed by atoms with Gasteiger partial charge in [0.05, 0.1) is 5.71 Å². The molecular formula is C24H19Cl2F6N5O3. The summed E-state index contributed by atoms with van der Waals surface area (Å²) in [5.74, 6) is -1.29. The Hall–Kier alpha value is -3.36. The van der Waals surface area contributed by atoms with Crippen LogP contribution in [0.25, 0.3) is 0 Å². The lowest BCUT2D eigenvalue weighted by molar-refractivity contribution is -0.275. The van der Waals surface area contributed by atoms with Crippen LogP contribution in [0.4, 0.5) is 32.3 Å². The average Bonchev–Trinajstić information content (AvgIpc) is 3.43. The summed E-state index contributed by atoms with van der Waals surface area (Å²) in [6.07, 6.45) is -10.2. The molecule has 0 radical (unpaired) electrons. The van der Waals surface area contributed by atoms with E-state index in [1.165, 1.54) is 38.3 Å². The highest BCUT2D eigenvalue weighted by molar-refractivity contribution is 6.34. The zero-order valence-electron chi connectivity index (χ0n) is 20.6. The number of carbonyl (C=O) groups excluding carboxylic acids is 1. The van der Waals surface area contributed by atoms with Gasteiger partial charge in [-0.1, -0.05) is 34.4 Å². The van der Waals surface area contributed by atoms with Gasteiger partial charge in [-0.3, -0.25) is 10.1 Å². The van der Waals surface area contributed by atoms with Crippen LogP contribution in [0, 0.1) is 6.92 Å². The molecule has 2 heterocycles. The van der Waals surface area contributed by atoms with Crippen LogP contribution < -0.4 is 5.32 Å². The molecule has 0 saturated carbocycles. The average molecular weight is 610 g/mol. The second-order valence-corrected chi connectivity index (χ2v) is 9.70. The lowest BCUT2D eigenvalue weighted by atomic mass is 9.86. The predicted octanol–water partition coefficient (Wildman–Crippen LogP) is 6.44. The number of hydrogen-bond acceptors (Lipinski definition) is 6. The Morgan fingerprint density at radius 1 is 1.12 bits per heavy atom. The van der Waals surface area contributed by atoms with Crippen molar-refractivity contribution < 1.29 is 40.7 Å². The van der Waals surface area contributed by atoms with Crippen LogP contribution in [0.5, 0.6) is 0 Å². The van der Waals surface area contributed by atoms with Crippen LogP contribution in [0.3, 0.4) is 0 Å². The van der Waals surface area contributed by atoms with Gasteiger partial charge in [0, 0.05) is 34.7 Å². The molecule has 1 amide bonds. The smallest absolute Gasteiger partial charge is 0.377 e. The van der Waals surface area contributed by atoms with Crippen molar-refractivity contribution in [3.05, 3.63) is 74.5 Å². The van der Waals surface area contributed by atoms with E-state index in [1.807, 2.05) is 0 Å². The summed E-state index contributed by atoms with van der Waals surface area (Å²) in [6, 6.07) is 7.61. The van der Waals surface area contributed by atoms with E-state index < -0.39 is 36.8 Å². The summed E-state index contributed by atoms with van der Waals surface area (Å²) in [4.78, 5) is 21.7. The first-order chi connectivity index (χ1) is 18.6. The first-order valence-electron chi connectivity index (χ1n) is 11.3. The summed E-state index contributed by atoms with van der Waals surface area (Å²) >= 11 is 11.8. The Kier molecular flexibility index (Phi) is 8.07. The van der Waals surface area contributed by atoms with E-state index >= 15 is 0 Å². The van der Waals surface area contributed by atoms with Gasteiger partial charge in [0.1, 0.15) is 13.2 Å². The Labute approximate surface area is 232 Å². The summed E-state index contributed by atoms with van der Waals surface area (Å²) in [5.41, 5.74) is -2.54. The van der Waals surface area contributed by atoms with Crippen molar-refractivity contribution in [2.75, 3.05) is 12.4 Å². The van der Waals surface area contributed by atoms with Crippen molar-refractivity contribution in [2.24, 2.45) is 5.16 Å². The standard InChI is InChI=1S/C24H19Cl2F6N5O3/c1-12-5-13(18-9-22(40-36-18,24(30,31)32)14-6-15(25)8-16(26)7-14)3-4-17(12)20(38)34-21-33-19(10-39-2)37(35-21)11-23(27,28)29/h3-8H,9-11H2,1-2H3,(H,34,35,38). The van der Waals surface area contributed by atoms with E-state index in [4.69, 9.17) is 32.8 Å². The van der Waals surface area contributed by atoms with Gasteiger partial charge in [-0.25, -0.2) is 4.68 Å². The van der Waals surface area contributed by atoms with Gasteiger partial charge in [-0.05, 0) is 48.4 Å². The second-order valence-electron chi connectivity index (χ2n) is 8.83. The van der Waals surface area contributed by atoms with Gasteiger partial charge >= 0.3 is 12.4 Å². The number of alkyl halides is 6. The van der Waals surface area contributed by atoms with Crippen LogP contribution in [-0.4, -0.2) is 45.8 Å². The van der Waals surface area contributed by atoms with Crippen molar-refractivity contribution in [1.82, 2.24) is 14.8 Å². The van der Waals surface area contributed by atoms with Crippen molar-refractivity contribution in [3.8, 4) is 0 Å². The predicted molar refractivity (Wildman–Crippen MR) is 132 cm³/mol. The molecule has 1 atom stereocenters. The van der Waals surface area contributed by atoms with Crippen LogP contribution in [0.2, 0.25) is 10.0 Å². The molecule has 40 heavy (non-hydrogen) atoms. The van der Waals surface area contributed by atoms with E-state index in [0.29, 0.717) is 10.2 Å². The molecule has 1 aromatic heterocycles. The van der Waals surface area contributed by atoms with Gasteiger partial charge in [0.15, 0.2) is 5.82 Å². The molecule has 0 aliphatic carbocycles. The van der Waals surface area contributed by atoms with Gasteiger partial charge in [-0.2, -0.15) is 31.3 Å². The number of halogens is 8. The van der Waals surface area contributed by atoms with Crippen molar-refractivity contribution in [2.45, 2.75) is 44.4 Å². The fourth-order valence-electron chi connectivity index (χ4n) is 4.07. The fourth-order valence-corrected chi connectivity index (χ4v) is 4.60. The van der Waals surface area contributed by atoms with Crippen LogP contribution in [-0.2, 0) is 28.3 Å². The van der Waals surface area contributed by atoms with Gasteiger partial charge in [0.2, 0.25) is 5.95 Å². The minimum atomic E-state index is -4.88. The number of nitrogens with zero attached hydrogens (tertiary/aromatic N) is 4. The molecular weight excluding hydrogens is 591 g/mol. The highest BCUT2D eigenvalue weighted by Crippen LogP contribution is 2.49. The SMILES string of the molecule is COCc1nc(NC(=O)c2ccc(C3=NOC(c4cc(Cl)cc(Cl)c4)(C(F)(F)F)C3)cc2C)nn1CC(F)(F)F. The van der Waals surface area contributed by atoms with Crippen molar-refractivity contribution >= 4 is 40.8 Å². The molecule has 1 N–H and O–H groups in total. The van der Waals surface area contributed by atoms with Gasteiger partial charge in [-0.15, -0.1) is 5.10 Å². The topological polar surface area (TPSA) is 90.6 Å². The number of hydrogen-bond donors (Lipinski definition) is 1. The normalized spacial score (nSPS) is 17.5. The van der Waals surface area contributed by atoms with E-state index in [1.54, 1.807) is 0 Å². The molecule has 16 heteroatoms. The third-order valence-corrected chi connectivity index (χ3v) is 6.33. The maximum absolute atomic E-state index is 14.3. The molecule has 0 bridgehead atoms. The highest BCUT2D eigenvalue weighted by atomic mass is 35.5. The number of benzene rings is 2. The number of ether oxygens (including phenoxy) is 1. The number of anilines is 1. The molecule has 1 unspecified atom stereocenters. The number of rotatable bonds is 7. The quantitative estimate of drug-likeness (QED) is 0.311. The molecule has 0 spiro atoms. The Morgan fingerprint density at radius 3 is 2.38 bits per heavy atom. The zero-order chi connectivity index (χ0) is 29.5. The number of aryl methyl sites for hydroxylation is 1. The minimum absolute atomic E-state index is 0.0125. The highest BCUT2D eigenvalue weighted by Gasteiger charge is 2.62. The number of methoxy groups -OCH3 is 1. The number of aromatic nitrogens is 3. The van der Waals surface area contributed by atoms with Crippen LogP contribution in [0.1, 0.15) is 39.3 Å². The molecule has 0 saturated heterocycles. The van der Waals surface area contributed by atoms with Crippen LogP contribution in [0.15, 0.2) is 41.6 Å². The molecule has 2 aromatic carbocycles. The summed E-state index contributed by atoms with van der Waals surface area (Å²) < 4.78 is 86.7. The number of oxime groups is 1. The maximum atomic E-state index is 14.3. The molecule has 3 aromatic rings. The summed E-state index contributed by atoms with van der Waals surface area (Å²) in [6.45, 7) is -0.195. The molecule has 8 nitrogen and oxygen atoms in total. The molecule has 4 rings (SSSR count). The van der Waals surface area contributed by atoms with Gasteiger partial charge < -0.3 is 9.57 Å². The van der Waals surface area contributed by atoms with Crippen LogP contribution >= 0.6 is 23.2 Å². The zero-order valence-corrected chi connectivity index (χ0v) is 22.1. The lowest BCUT2D eigenvalue weighted by Crippen LogP contribution is -2.42. The van der Waals surface area contributed by atoms with E-state index in [2.05, 4.69) is 20.6 Å². The Bertz CT molecular complexity index is 1450. The van der Waals surface area contributed by atoms with Gasteiger partial charge in [0.25, 0.3) is 11.5 Å². The monoisotopic (exact) mass is 609 g/mol. The molecule has 1 aliphatic heterocycles. The summed E-state index contributed by atoms with van der Waals surface area (Å²) in [5, 5.41) is 9.67. The first kappa shape index (κ1) is 29.6. The van der Waals surface area contributed by atoms with E-state index in [-0.39, 0.29) is 50.8 Å². The molecule has 0 fully saturated rings. The minimum Gasteiger partial charge on any atom is -0.377 e. The second kappa shape index (κ2) is 10.9. The van der Waals surface area contributed by atoms with E-state index in [9.17, 15) is 31.1 Å². The Morgan fingerprint density at radius 2 is 1.80 bits per heavy atom. The third-order valence-electron chi connectivity index (χ3n) is 5.90. The molecule has 214 valence electrons. The van der Waals surface area contributed by atoms with Crippen molar-refractivity contribution in [3.63, 3.8) is 0 Å². The lowest BCUT2D eigenvalue weighted by Gasteiger charge is -2.29. The molecule has 1 aliphatic rings. The summed E-state index contributed by atoms with van der Waals surface area (Å²) in [7, 11) is 1.26. The largest absolute Gasteiger partial charge is 0.435 e. The first-order valence-corrected chi connectivity index (χ1v) is 12.1. The van der Waals surface area contributed by atoms with E-state index in [0.717, 1.165) is 12.1 Å². The number of carbonyl (C=O) groups is 1. The fraction of sp³-hybridized carbons (Fsp3) is 0.333. The number of nitrogens with one attached hydrogen (secondary N) is 1. The number of amides is 1. The van der Waals surface area contributed by atoms with Crippen molar-refractivity contribution in [1.29, 1.82) is 0 Å². The maximum Gasteiger partial charge on any atom is 0.435 e. The third kappa shape index (κ3) is 6.18. The Balaban J connectivity index is 1.56.